The number of amides is 2. The second-order valence-corrected chi connectivity index (χ2v) is 10.9. The fraction of sp³-hybridized carbons (Fsp3) is 0.630. The van der Waals surface area contributed by atoms with Crippen molar-refractivity contribution >= 4 is 22.9 Å². The Labute approximate surface area is 208 Å². The van der Waals surface area contributed by atoms with Crippen molar-refractivity contribution in [3.05, 3.63) is 36.0 Å². The van der Waals surface area contributed by atoms with Gasteiger partial charge >= 0.3 is 6.09 Å². The Hall–Kier alpha value is -2.58. The van der Waals surface area contributed by atoms with Gasteiger partial charge in [0.2, 0.25) is 5.91 Å². The monoisotopic (exact) mass is 484 g/mol. The standard InChI is InChI=1S/C27H40N4O4/c1-27(2,3)35-26(33)30-19-14-18(15-28-16-19)25(32)31(20-11-12-20)24(10-7-13-34-4)22-17-29-23-9-6-5-8-21(22)23/h5-6,8-9,17-20,24,28-29H,7,10-16H2,1-4H3,(H,30,33)/t18-,19-,24?/m1/s1. The van der Waals surface area contributed by atoms with Crippen LogP contribution in [0.3, 0.4) is 0 Å². The van der Waals surface area contributed by atoms with E-state index in [9.17, 15) is 9.59 Å². The lowest BCUT2D eigenvalue weighted by molar-refractivity contribution is -0.140. The van der Waals surface area contributed by atoms with Gasteiger partial charge in [-0.2, -0.15) is 0 Å². The third kappa shape index (κ3) is 6.55. The molecule has 8 heteroatoms. The number of aromatic amines is 1. The highest BCUT2D eigenvalue weighted by Gasteiger charge is 2.42. The number of carbonyl (C=O) groups excluding carboxylic acids is 2. The second kappa shape index (κ2) is 11.0. The molecular weight excluding hydrogens is 444 g/mol. The van der Waals surface area contributed by atoms with Gasteiger partial charge in [-0.15, -0.1) is 0 Å². The molecule has 2 aliphatic rings. The summed E-state index contributed by atoms with van der Waals surface area (Å²) in [5.74, 6) is -0.0252. The molecule has 1 aromatic heterocycles. The lowest BCUT2D eigenvalue weighted by Crippen LogP contribution is -2.54. The van der Waals surface area contributed by atoms with Gasteiger partial charge in [0.05, 0.1) is 12.0 Å². The molecule has 1 saturated carbocycles. The molecule has 0 spiro atoms. The Morgan fingerprint density at radius 3 is 2.69 bits per heavy atom. The zero-order chi connectivity index (χ0) is 25.0. The summed E-state index contributed by atoms with van der Waals surface area (Å²) in [6.07, 6.45) is 6.03. The molecule has 35 heavy (non-hydrogen) atoms. The molecule has 2 heterocycles. The number of methoxy groups -OCH3 is 1. The lowest BCUT2D eigenvalue weighted by atomic mass is 9.92. The number of benzene rings is 1. The van der Waals surface area contributed by atoms with E-state index in [-0.39, 0.29) is 30.0 Å². The average molecular weight is 485 g/mol. The van der Waals surface area contributed by atoms with Crippen LogP contribution in [0.15, 0.2) is 30.5 Å². The summed E-state index contributed by atoms with van der Waals surface area (Å²) < 4.78 is 10.8. The summed E-state index contributed by atoms with van der Waals surface area (Å²) in [7, 11) is 1.72. The van der Waals surface area contributed by atoms with E-state index in [1.165, 1.54) is 10.9 Å². The normalized spacial score (nSPS) is 21.5. The molecule has 0 bridgehead atoms. The zero-order valence-corrected chi connectivity index (χ0v) is 21.4. The number of carbonyl (C=O) groups is 2. The molecule has 3 N–H and O–H groups in total. The van der Waals surface area contributed by atoms with E-state index in [4.69, 9.17) is 9.47 Å². The molecule has 2 amide bonds. The number of nitrogens with one attached hydrogen (secondary N) is 3. The van der Waals surface area contributed by atoms with Crippen molar-refractivity contribution in [2.45, 2.75) is 76.6 Å². The van der Waals surface area contributed by atoms with Crippen LogP contribution in [0, 0.1) is 5.92 Å². The van der Waals surface area contributed by atoms with E-state index in [2.05, 4.69) is 38.8 Å². The minimum atomic E-state index is -0.557. The number of aromatic nitrogens is 1. The average Bonchev–Trinajstić information content (AvgIpc) is 3.55. The molecular formula is C27H40N4O4. The summed E-state index contributed by atoms with van der Waals surface area (Å²) in [6, 6.07) is 8.39. The topological polar surface area (TPSA) is 95.7 Å². The van der Waals surface area contributed by atoms with Crippen molar-refractivity contribution in [2.75, 3.05) is 26.8 Å². The van der Waals surface area contributed by atoms with Gasteiger partial charge in [-0.1, -0.05) is 18.2 Å². The molecule has 1 aromatic carbocycles. The molecule has 3 atom stereocenters. The maximum Gasteiger partial charge on any atom is 0.407 e. The van der Waals surface area contributed by atoms with Crippen LogP contribution in [0.1, 0.15) is 64.5 Å². The number of para-hydroxylation sites is 1. The van der Waals surface area contributed by atoms with E-state index in [1.807, 2.05) is 32.9 Å². The van der Waals surface area contributed by atoms with Crippen molar-refractivity contribution in [1.82, 2.24) is 20.5 Å². The number of hydrogen-bond acceptors (Lipinski definition) is 5. The minimum absolute atomic E-state index is 0.0134. The van der Waals surface area contributed by atoms with Crippen molar-refractivity contribution in [3.63, 3.8) is 0 Å². The van der Waals surface area contributed by atoms with Gasteiger partial charge in [0.15, 0.2) is 0 Å². The fourth-order valence-electron chi connectivity index (χ4n) is 5.10. The summed E-state index contributed by atoms with van der Waals surface area (Å²) in [4.78, 5) is 31.9. The molecule has 8 nitrogen and oxygen atoms in total. The Morgan fingerprint density at radius 1 is 1.20 bits per heavy atom. The Kier molecular flexibility index (Phi) is 8.02. The highest BCUT2D eigenvalue weighted by Crippen LogP contribution is 2.40. The molecule has 0 radical (unpaired) electrons. The van der Waals surface area contributed by atoms with Gasteiger partial charge in [0, 0.05) is 56.0 Å². The first-order valence-electron chi connectivity index (χ1n) is 12.8. The van der Waals surface area contributed by atoms with Gasteiger partial charge in [0.25, 0.3) is 0 Å². The fourth-order valence-corrected chi connectivity index (χ4v) is 5.10. The molecule has 4 rings (SSSR count). The number of rotatable bonds is 9. The van der Waals surface area contributed by atoms with Crippen LogP contribution in [0.2, 0.25) is 0 Å². The van der Waals surface area contributed by atoms with Crippen LogP contribution < -0.4 is 10.6 Å². The van der Waals surface area contributed by atoms with Crippen LogP contribution in [-0.2, 0) is 14.3 Å². The number of fused-ring (bicyclic) bond motifs is 1. The molecule has 2 aromatic rings. The first-order chi connectivity index (χ1) is 16.8. The Balaban J connectivity index is 1.53. The number of piperidine rings is 1. The second-order valence-electron chi connectivity index (χ2n) is 10.9. The van der Waals surface area contributed by atoms with Gasteiger partial charge in [-0.25, -0.2) is 4.79 Å². The molecule has 1 aliphatic heterocycles. The third-order valence-corrected chi connectivity index (χ3v) is 6.76. The molecule has 192 valence electrons. The van der Waals surface area contributed by atoms with Crippen molar-refractivity contribution in [1.29, 1.82) is 0 Å². The number of nitrogens with zero attached hydrogens (tertiary/aromatic N) is 1. The molecule has 1 unspecified atom stereocenters. The maximum atomic E-state index is 14.0. The third-order valence-electron chi connectivity index (χ3n) is 6.76. The number of hydrogen-bond donors (Lipinski definition) is 3. The Morgan fingerprint density at radius 2 is 1.97 bits per heavy atom. The first kappa shape index (κ1) is 25.5. The highest BCUT2D eigenvalue weighted by atomic mass is 16.6. The SMILES string of the molecule is COCCCC(c1c[nH]c2ccccc12)N(C(=O)[C@H]1CNC[C@H](NC(=O)OC(C)(C)C)C1)C1CC1. The van der Waals surface area contributed by atoms with Crippen molar-refractivity contribution in [3.8, 4) is 0 Å². The van der Waals surface area contributed by atoms with Crippen LogP contribution in [-0.4, -0.2) is 66.4 Å². The molecule has 1 aliphatic carbocycles. The molecule has 2 fully saturated rings. The number of ether oxygens (including phenoxy) is 2. The van der Waals surface area contributed by atoms with E-state index < -0.39 is 11.7 Å². The van der Waals surface area contributed by atoms with Crippen LogP contribution in [0.4, 0.5) is 4.79 Å². The highest BCUT2D eigenvalue weighted by molar-refractivity contribution is 5.85. The van der Waals surface area contributed by atoms with Gasteiger partial charge in [0.1, 0.15) is 5.60 Å². The number of H-pyrrole nitrogens is 1. The van der Waals surface area contributed by atoms with Crippen molar-refractivity contribution in [2.24, 2.45) is 5.92 Å². The minimum Gasteiger partial charge on any atom is -0.444 e. The summed E-state index contributed by atoms with van der Waals surface area (Å²) in [5, 5.41) is 7.48. The van der Waals surface area contributed by atoms with Crippen LogP contribution >= 0.6 is 0 Å². The van der Waals surface area contributed by atoms with Gasteiger partial charge in [-0.05, 0) is 64.5 Å². The largest absolute Gasteiger partial charge is 0.444 e. The van der Waals surface area contributed by atoms with E-state index in [0.717, 1.165) is 31.2 Å². The van der Waals surface area contributed by atoms with Crippen LogP contribution in [0.25, 0.3) is 10.9 Å². The summed E-state index contributed by atoms with van der Waals surface area (Å²) >= 11 is 0. The Bertz CT molecular complexity index is 1010. The lowest BCUT2D eigenvalue weighted by Gasteiger charge is -2.38. The number of alkyl carbamates (subject to hydrolysis) is 1. The van der Waals surface area contributed by atoms with E-state index >= 15 is 0 Å². The first-order valence-corrected chi connectivity index (χ1v) is 12.8. The summed E-state index contributed by atoms with van der Waals surface area (Å²) in [5.41, 5.74) is 1.70. The van der Waals surface area contributed by atoms with Gasteiger partial charge < -0.3 is 30.0 Å². The van der Waals surface area contributed by atoms with Gasteiger partial charge in [-0.3, -0.25) is 4.79 Å². The van der Waals surface area contributed by atoms with Crippen molar-refractivity contribution < 1.29 is 19.1 Å². The van der Waals surface area contributed by atoms with E-state index in [1.54, 1.807) is 7.11 Å². The quantitative estimate of drug-likeness (QED) is 0.465. The van der Waals surface area contributed by atoms with Crippen LogP contribution in [0.5, 0.6) is 0 Å². The molecule has 1 saturated heterocycles. The maximum absolute atomic E-state index is 14.0. The predicted octanol–water partition coefficient (Wildman–Crippen LogP) is 4.13. The zero-order valence-electron chi connectivity index (χ0n) is 21.4. The van der Waals surface area contributed by atoms with E-state index in [0.29, 0.717) is 26.1 Å². The predicted molar refractivity (Wildman–Crippen MR) is 136 cm³/mol. The summed E-state index contributed by atoms with van der Waals surface area (Å²) in [6.45, 7) is 7.46. The smallest absolute Gasteiger partial charge is 0.407 e.